The number of nitrogens with one attached hydrogen (secondary N) is 3. The van der Waals surface area contributed by atoms with Gasteiger partial charge in [-0.15, -0.1) is 0 Å². The number of aromatic amines is 3. The predicted octanol–water partition coefficient (Wildman–Crippen LogP) is -0.326. The Balaban J connectivity index is 2.90. The van der Waals surface area contributed by atoms with Crippen LogP contribution in [0.25, 0.3) is 11.2 Å². The summed E-state index contributed by atoms with van der Waals surface area (Å²) in [5.74, 6) is 0.127. The summed E-state index contributed by atoms with van der Waals surface area (Å²) in [6, 6.07) is 0. The van der Waals surface area contributed by atoms with Crippen LogP contribution in [0.15, 0.2) is 14.6 Å². The average molecular weight is 209 g/mol. The zero-order valence-corrected chi connectivity index (χ0v) is 7.44. The molecular weight excluding hydrogens is 206 g/mol. The molecule has 3 N–H and O–H groups in total. The topological polar surface area (TPSA) is 107 Å². The Kier molecular flexibility index (Phi) is 1.84. The highest BCUT2D eigenvalue weighted by molar-refractivity contribution is 7.78. The summed E-state index contributed by atoms with van der Waals surface area (Å²) < 4.78 is 0. The normalized spacial score (nSPS) is 10.0. The van der Waals surface area contributed by atoms with Crippen molar-refractivity contribution in [3.63, 3.8) is 0 Å². The van der Waals surface area contributed by atoms with Gasteiger partial charge < -0.3 is 4.98 Å². The van der Waals surface area contributed by atoms with Gasteiger partial charge in [-0.1, -0.05) is 0 Å². The Labute approximate surface area is 80.9 Å². The molecule has 0 atom stereocenters. The van der Waals surface area contributed by atoms with Gasteiger partial charge in [0.2, 0.25) is 5.95 Å². The second-order valence-corrected chi connectivity index (χ2v) is 2.58. The highest BCUT2D eigenvalue weighted by Gasteiger charge is 2.05. The van der Waals surface area contributed by atoms with Crippen molar-refractivity contribution < 1.29 is 0 Å². The van der Waals surface area contributed by atoms with Crippen LogP contribution >= 0.6 is 12.2 Å². The minimum Gasteiger partial charge on any atom is -0.316 e. The van der Waals surface area contributed by atoms with Crippen LogP contribution in [0.1, 0.15) is 0 Å². The first-order chi connectivity index (χ1) is 6.70. The molecule has 0 aliphatic rings. The first-order valence-corrected chi connectivity index (χ1v) is 3.92. The summed E-state index contributed by atoms with van der Waals surface area (Å²) in [7, 11) is 0. The molecule has 0 radical (unpaired) electrons. The van der Waals surface area contributed by atoms with Gasteiger partial charge in [0.25, 0.3) is 5.56 Å². The van der Waals surface area contributed by atoms with Crippen LogP contribution in [0.3, 0.4) is 0 Å². The van der Waals surface area contributed by atoms with Crippen molar-refractivity contribution in [3.8, 4) is 0 Å². The van der Waals surface area contributed by atoms with E-state index >= 15 is 0 Å². The van der Waals surface area contributed by atoms with Crippen LogP contribution in [0.2, 0.25) is 0 Å². The number of hydrogen-bond donors (Lipinski definition) is 3. The highest BCUT2D eigenvalue weighted by Crippen LogP contribution is 2.07. The first kappa shape index (κ1) is 8.54. The Morgan fingerprint density at radius 2 is 2.07 bits per heavy atom. The molecule has 0 fully saturated rings. The molecule has 0 aliphatic heterocycles. The van der Waals surface area contributed by atoms with Crippen molar-refractivity contribution in [2.24, 2.45) is 4.99 Å². The number of isothiocyanates is 1. The number of imidazole rings is 1. The maximum Gasteiger partial charge on any atom is 0.327 e. The van der Waals surface area contributed by atoms with E-state index in [0.717, 1.165) is 0 Å². The third kappa shape index (κ3) is 1.28. The fourth-order valence-electron chi connectivity index (χ4n) is 1.02. The van der Waals surface area contributed by atoms with E-state index in [1.54, 1.807) is 0 Å². The smallest absolute Gasteiger partial charge is 0.316 e. The Hall–Kier alpha value is -2.05. The largest absolute Gasteiger partial charge is 0.327 e. The number of aromatic nitrogens is 4. The van der Waals surface area contributed by atoms with Gasteiger partial charge in [0, 0.05) is 0 Å². The fourth-order valence-corrected chi connectivity index (χ4v) is 1.10. The molecular formula is C6H3N5O2S. The van der Waals surface area contributed by atoms with Crippen molar-refractivity contribution >= 4 is 34.5 Å². The number of nitrogens with zero attached hydrogens (tertiary/aromatic N) is 2. The van der Waals surface area contributed by atoms with Gasteiger partial charge in [-0.25, -0.2) is 4.79 Å². The second-order valence-electron chi connectivity index (χ2n) is 2.40. The van der Waals surface area contributed by atoms with E-state index in [9.17, 15) is 9.59 Å². The summed E-state index contributed by atoms with van der Waals surface area (Å²) in [5.41, 5.74) is -0.884. The van der Waals surface area contributed by atoms with Crippen LogP contribution in [0.5, 0.6) is 0 Å². The zero-order valence-electron chi connectivity index (χ0n) is 6.62. The number of fused-ring (bicyclic) bond motifs is 1. The second kappa shape index (κ2) is 3.02. The maximum atomic E-state index is 11.2. The molecule has 8 heteroatoms. The summed E-state index contributed by atoms with van der Waals surface area (Å²) >= 11 is 4.36. The molecule has 0 saturated heterocycles. The third-order valence-corrected chi connectivity index (χ3v) is 1.62. The van der Waals surface area contributed by atoms with Crippen LogP contribution < -0.4 is 11.2 Å². The zero-order chi connectivity index (χ0) is 10.1. The van der Waals surface area contributed by atoms with E-state index in [4.69, 9.17) is 0 Å². The van der Waals surface area contributed by atoms with Gasteiger partial charge >= 0.3 is 5.69 Å². The average Bonchev–Trinajstić information content (AvgIpc) is 2.48. The third-order valence-electron chi connectivity index (χ3n) is 1.53. The van der Waals surface area contributed by atoms with Crippen molar-refractivity contribution in [2.75, 3.05) is 0 Å². The highest BCUT2D eigenvalue weighted by atomic mass is 32.1. The van der Waals surface area contributed by atoms with Crippen molar-refractivity contribution in [1.29, 1.82) is 0 Å². The van der Waals surface area contributed by atoms with Crippen LogP contribution in [0, 0.1) is 0 Å². The molecule has 0 amide bonds. The molecule has 7 nitrogen and oxygen atoms in total. The minimum atomic E-state index is -0.619. The lowest BCUT2D eigenvalue weighted by Gasteiger charge is -1.83. The number of rotatable bonds is 1. The molecule has 0 aliphatic carbocycles. The van der Waals surface area contributed by atoms with E-state index in [0.29, 0.717) is 0 Å². The Morgan fingerprint density at radius 3 is 2.79 bits per heavy atom. The SMILES string of the molecule is O=c1[nH]c(=O)c2[nH]c(N=C=S)nc2[nH]1. The van der Waals surface area contributed by atoms with E-state index in [-0.39, 0.29) is 17.1 Å². The predicted molar refractivity (Wildman–Crippen MR) is 52.0 cm³/mol. The summed E-state index contributed by atoms with van der Waals surface area (Å²) in [5, 5.41) is 2.09. The molecule has 2 heterocycles. The lowest BCUT2D eigenvalue weighted by Crippen LogP contribution is -2.21. The first-order valence-electron chi connectivity index (χ1n) is 3.51. The van der Waals surface area contributed by atoms with E-state index < -0.39 is 11.2 Å². The van der Waals surface area contributed by atoms with Gasteiger partial charge in [-0.2, -0.15) is 9.98 Å². The van der Waals surface area contributed by atoms with Gasteiger partial charge in [0.1, 0.15) is 0 Å². The van der Waals surface area contributed by atoms with E-state index in [1.165, 1.54) is 0 Å². The van der Waals surface area contributed by atoms with Crippen LogP contribution in [-0.4, -0.2) is 25.1 Å². The number of hydrogen-bond acceptors (Lipinski definition) is 5. The molecule has 2 aromatic rings. The van der Waals surface area contributed by atoms with Gasteiger partial charge in [0.15, 0.2) is 11.2 Å². The molecule has 70 valence electrons. The summed E-state index contributed by atoms with van der Waals surface area (Å²) in [4.78, 5) is 36.3. The van der Waals surface area contributed by atoms with Crippen molar-refractivity contribution in [3.05, 3.63) is 20.8 Å². The number of thiocarbonyl (C=S) groups is 1. The van der Waals surface area contributed by atoms with Crippen LogP contribution in [0.4, 0.5) is 5.95 Å². The van der Waals surface area contributed by atoms with Crippen molar-refractivity contribution in [1.82, 2.24) is 19.9 Å². The molecule has 0 spiro atoms. The fraction of sp³-hybridized carbons (Fsp3) is 0. The van der Waals surface area contributed by atoms with Gasteiger partial charge in [-0.05, 0) is 12.2 Å². The lowest BCUT2D eigenvalue weighted by molar-refractivity contribution is 1.07. The summed E-state index contributed by atoms with van der Waals surface area (Å²) in [6.07, 6.45) is 0. The molecule has 0 unspecified atom stereocenters. The molecule has 0 aromatic carbocycles. The minimum absolute atomic E-state index is 0.127. The van der Waals surface area contributed by atoms with Gasteiger partial charge in [-0.3, -0.25) is 14.8 Å². The Morgan fingerprint density at radius 1 is 1.29 bits per heavy atom. The van der Waals surface area contributed by atoms with Gasteiger partial charge in [0.05, 0.1) is 5.16 Å². The monoisotopic (exact) mass is 209 g/mol. The van der Waals surface area contributed by atoms with E-state index in [2.05, 4.69) is 37.3 Å². The van der Waals surface area contributed by atoms with E-state index in [1.807, 2.05) is 4.98 Å². The summed E-state index contributed by atoms with van der Waals surface area (Å²) in [6.45, 7) is 0. The quantitative estimate of drug-likeness (QED) is 0.441. The molecule has 2 aromatic heterocycles. The molecule has 2 rings (SSSR count). The van der Waals surface area contributed by atoms with Crippen molar-refractivity contribution in [2.45, 2.75) is 0 Å². The molecule has 0 saturated carbocycles. The lowest BCUT2D eigenvalue weighted by atomic mass is 10.5. The molecule has 14 heavy (non-hydrogen) atoms. The maximum absolute atomic E-state index is 11.2. The van der Waals surface area contributed by atoms with Crippen LogP contribution in [-0.2, 0) is 0 Å². The number of H-pyrrole nitrogens is 3. The Bertz CT molecular complexity index is 644. The molecule has 0 bridgehead atoms. The number of aliphatic imine (C=N–C) groups is 1. The standard InChI is InChI=1S/C6H3N5O2S/c12-4-2-3(10-6(13)11-4)9-5(8-2)7-1-14/h(H3,8,9,10,11,12,13).